The fraction of sp³-hybridized carbons (Fsp3) is 0.240. The molecule has 10 nitrogen and oxygen atoms in total. The number of carbonyl (C=O) groups excluding carboxylic acids is 1. The van der Waals surface area contributed by atoms with Crippen molar-refractivity contribution in [3.8, 4) is 29.7 Å². The molecule has 1 aliphatic rings. The molecule has 1 saturated carbocycles. The number of imidazole rings is 1. The smallest absolute Gasteiger partial charge is 0.280 e. The van der Waals surface area contributed by atoms with Gasteiger partial charge in [0.15, 0.2) is 16.6 Å². The van der Waals surface area contributed by atoms with Crippen LogP contribution in [0.15, 0.2) is 55.5 Å². The number of rotatable bonds is 5. The first-order valence-electron chi connectivity index (χ1n) is 11.6. The monoisotopic (exact) mass is 495 g/mol. The Balaban J connectivity index is 1.36. The highest BCUT2D eigenvalue weighted by atomic mass is 32.1. The van der Waals surface area contributed by atoms with Gasteiger partial charge in [-0.1, -0.05) is 12.0 Å². The van der Waals surface area contributed by atoms with E-state index in [4.69, 9.17) is 11.4 Å². The van der Waals surface area contributed by atoms with Gasteiger partial charge in [-0.15, -0.1) is 17.8 Å². The Kier molecular flexibility index (Phi) is 5.71. The first-order valence-corrected chi connectivity index (χ1v) is 12.4. The first-order chi connectivity index (χ1) is 17.7. The zero-order valence-electron chi connectivity index (χ0n) is 19.2. The van der Waals surface area contributed by atoms with Crippen LogP contribution in [0.25, 0.3) is 28.4 Å². The summed E-state index contributed by atoms with van der Waals surface area (Å²) in [6, 6.07) is 7.87. The molecule has 5 aromatic heterocycles. The van der Waals surface area contributed by atoms with Crippen molar-refractivity contribution >= 4 is 28.3 Å². The number of aromatic nitrogens is 8. The molecule has 178 valence electrons. The standard InChI is InChI=1S/C25H21N9OS/c1-2-18-12-29-25(36-18)24(35)31-16-6-5-7-17(10-16)34-21-11-22(33-15-26-14-30-33)28-13-20(21)32-23(34)19-8-3-4-9-27-19/h1,3-4,8-9,11-17H,5-7,10H2,(H,31,35)/t16-,17+/m0/s1. The molecule has 0 aliphatic heterocycles. The van der Waals surface area contributed by atoms with E-state index in [0.717, 1.165) is 48.2 Å². The Hall–Kier alpha value is -4.43. The summed E-state index contributed by atoms with van der Waals surface area (Å²) < 4.78 is 3.86. The summed E-state index contributed by atoms with van der Waals surface area (Å²) in [4.78, 5) is 35.7. The van der Waals surface area contributed by atoms with Crippen LogP contribution >= 0.6 is 11.3 Å². The molecule has 2 atom stereocenters. The van der Waals surface area contributed by atoms with E-state index in [9.17, 15) is 4.79 Å². The summed E-state index contributed by atoms with van der Waals surface area (Å²) in [6.45, 7) is 0. The van der Waals surface area contributed by atoms with Crippen LogP contribution in [0, 0.1) is 12.3 Å². The number of carbonyl (C=O) groups is 1. The molecule has 0 unspecified atom stereocenters. The molecule has 1 fully saturated rings. The molecule has 1 amide bonds. The minimum absolute atomic E-state index is 0.0000846. The number of terminal acetylenes is 1. The van der Waals surface area contributed by atoms with Crippen LogP contribution in [0.3, 0.4) is 0 Å². The van der Waals surface area contributed by atoms with Gasteiger partial charge in [0.05, 0.1) is 22.8 Å². The SMILES string of the molecule is C#Cc1cnc(C(=O)N[C@H]2CCC[C@@H](n3c(-c4ccccn4)nc4cnc(-n5cncn5)cc43)C2)s1. The van der Waals surface area contributed by atoms with Crippen LogP contribution in [-0.2, 0) is 0 Å². The second kappa shape index (κ2) is 9.31. The molecule has 0 radical (unpaired) electrons. The topological polar surface area (TPSA) is 116 Å². The largest absolute Gasteiger partial charge is 0.347 e. The van der Waals surface area contributed by atoms with Gasteiger partial charge in [0.25, 0.3) is 5.91 Å². The predicted molar refractivity (Wildman–Crippen MR) is 134 cm³/mol. The summed E-state index contributed by atoms with van der Waals surface area (Å²) in [6.07, 6.45) is 17.2. The summed E-state index contributed by atoms with van der Waals surface area (Å²) in [5, 5.41) is 7.77. The highest BCUT2D eigenvalue weighted by Gasteiger charge is 2.29. The van der Waals surface area contributed by atoms with Gasteiger partial charge in [-0.2, -0.15) is 5.10 Å². The number of fused-ring (bicyclic) bond motifs is 1. The molecule has 1 aliphatic carbocycles. The number of amides is 1. The van der Waals surface area contributed by atoms with E-state index in [1.807, 2.05) is 24.3 Å². The molecule has 0 saturated heterocycles. The van der Waals surface area contributed by atoms with Gasteiger partial charge in [-0.25, -0.2) is 24.6 Å². The number of nitrogens with one attached hydrogen (secondary N) is 1. The van der Waals surface area contributed by atoms with Gasteiger partial charge in [-0.05, 0) is 37.8 Å². The van der Waals surface area contributed by atoms with Gasteiger partial charge in [0.1, 0.15) is 23.9 Å². The second-order valence-corrected chi connectivity index (χ2v) is 9.59. The number of pyridine rings is 2. The third-order valence-electron chi connectivity index (χ3n) is 6.30. The van der Waals surface area contributed by atoms with Crippen molar-refractivity contribution in [3.05, 3.63) is 65.4 Å². The van der Waals surface area contributed by atoms with Crippen LogP contribution in [0.2, 0.25) is 0 Å². The average molecular weight is 496 g/mol. The number of hydrogen-bond donors (Lipinski definition) is 1. The molecule has 11 heteroatoms. The highest BCUT2D eigenvalue weighted by molar-refractivity contribution is 7.14. The zero-order valence-corrected chi connectivity index (χ0v) is 20.0. The molecular formula is C25H21N9OS. The molecule has 0 aromatic carbocycles. The third-order valence-corrected chi connectivity index (χ3v) is 7.23. The maximum atomic E-state index is 12.8. The van der Waals surface area contributed by atoms with Gasteiger partial charge in [0.2, 0.25) is 0 Å². The maximum Gasteiger partial charge on any atom is 0.280 e. The third kappa shape index (κ3) is 4.12. The van der Waals surface area contributed by atoms with Gasteiger partial charge < -0.3 is 9.88 Å². The van der Waals surface area contributed by atoms with Crippen LogP contribution in [0.4, 0.5) is 0 Å². The normalized spacial score (nSPS) is 17.6. The van der Waals surface area contributed by atoms with Gasteiger partial charge in [-0.3, -0.25) is 9.78 Å². The molecule has 5 heterocycles. The van der Waals surface area contributed by atoms with Crippen LogP contribution in [0.5, 0.6) is 0 Å². The van der Waals surface area contributed by atoms with E-state index in [2.05, 4.69) is 40.8 Å². The Bertz CT molecular complexity index is 1570. The first kappa shape index (κ1) is 22.1. The number of thiazole rings is 1. The quantitative estimate of drug-likeness (QED) is 0.371. The average Bonchev–Trinajstić information content (AvgIpc) is 3.69. The highest BCUT2D eigenvalue weighted by Crippen LogP contribution is 2.36. The zero-order chi connectivity index (χ0) is 24.5. The van der Waals surface area contributed by atoms with Crippen LogP contribution < -0.4 is 5.32 Å². The molecular weight excluding hydrogens is 474 g/mol. The Morgan fingerprint density at radius 1 is 1.19 bits per heavy atom. The summed E-state index contributed by atoms with van der Waals surface area (Å²) in [5.74, 6) is 3.77. The van der Waals surface area contributed by atoms with Crippen LogP contribution in [0.1, 0.15) is 46.4 Å². The van der Waals surface area contributed by atoms with E-state index in [1.165, 1.54) is 17.7 Å². The number of hydrogen-bond acceptors (Lipinski definition) is 8. The van der Waals surface area contributed by atoms with E-state index < -0.39 is 0 Å². The fourth-order valence-corrected chi connectivity index (χ4v) is 5.34. The lowest BCUT2D eigenvalue weighted by Gasteiger charge is -2.31. The number of nitrogens with zero attached hydrogens (tertiary/aromatic N) is 8. The van der Waals surface area contributed by atoms with Crippen molar-refractivity contribution in [1.29, 1.82) is 0 Å². The van der Waals surface area contributed by atoms with E-state index in [1.54, 1.807) is 29.6 Å². The lowest BCUT2D eigenvalue weighted by atomic mass is 9.90. The molecule has 5 aromatic rings. The van der Waals surface area contributed by atoms with Crippen molar-refractivity contribution in [2.75, 3.05) is 0 Å². The Labute approximate surface area is 210 Å². The van der Waals surface area contributed by atoms with Gasteiger partial charge in [0, 0.05) is 24.3 Å². The Morgan fingerprint density at radius 3 is 2.92 bits per heavy atom. The second-order valence-electron chi connectivity index (χ2n) is 8.56. The minimum atomic E-state index is -0.190. The van der Waals surface area contributed by atoms with Crippen molar-refractivity contribution in [1.82, 2.24) is 44.6 Å². The van der Waals surface area contributed by atoms with Crippen molar-refractivity contribution in [3.63, 3.8) is 0 Å². The molecule has 0 spiro atoms. The minimum Gasteiger partial charge on any atom is -0.347 e. The summed E-state index contributed by atoms with van der Waals surface area (Å²) in [7, 11) is 0. The van der Waals surface area contributed by atoms with Crippen molar-refractivity contribution in [2.45, 2.75) is 37.8 Å². The molecule has 0 bridgehead atoms. The van der Waals surface area contributed by atoms with Crippen LogP contribution in [-0.4, -0.2) is 51.2 Å². The predicted octanol–water partition coefficient (Wildman–Crippen LogP) is 3.43. The van der Waals surface area contributed by atoms with E-state index in [-0.39, 0.29) is 18.0 Å². The maximum absolute atomic E-state index is 12.8. The molecule has 36 heavy (non-hydrogen) atoms. The van der Waals surface area contributed by atoms with Crippen molar-refractivity contribution in [2.24, 2.45) is 0 Å². The van der Waals surface area contributed by atoms with Gasteiger partial charge >= 0.3 is 0 Å². The summed E-state index contributed by atoms with van der Waals surface area (Å²) in [5.41, 5.74) is 2.49. The Morgan fingerprint density at radius 2 is 2.14 bits per heavy atom. The lowest BCUT2D eigenvalue weighted by Crippen LogP contribution is -2.39. The van der Waals surface area contributed by atoms with Crippen molar-refractivity contribution < 1.29 is 4.79 Å². The lowest BCUT2D eigenvalue weighted by molar-refractivity contribution is 0.0920. The van der Waals surface area contributed by atoms with E-state index in [0.29, 0.717) is 15.7 Å². The fourth-order valence-electron chi connectivity index (χ4n) is 4.71. The molecule has 1 N–H and O–H groups in total. The van der Waals surface area contributed by atoms with E-state index >= 15 is 0 Å². The molecule has 6 rings (SSSR count). The summed E-state index contributed by atoms with van der Waals surface area (Å²) >= 11 is 1.23.